The molecule has 0 saturated carbocycles. The maximum atomic E-state index is 2.29. The molecule has 0 heterocycles. The van der Waals surface area contributed by atoms with Crippen molar-refractivity contribution in [1.82, 2.24) is 0 Å². The highest BCUT2D eigenvalue weighted by Gasteiger charge is 2.04. The summed E-state index contributed by atoms with van der Waals surface area (Å²) in [6.45, 7) is 9.12. The summed E-state index contributed by atoms with van der Waals surface area (Å²) >= 11 is 0. The van der Waals surface area contributed by atoms with Gasteiger partial charge in [0.1, 0.15) is 0 Å². The predicted octanol–water partition coefficient (Wildman–Crippen LogP) is 3.82. The molecule has 0 rings (SSSR count). The first-order valence-electron chi connectivity index (χ1n) is 4.54. The molecule has 0 N–H and O–H groups in total. The number of hydrogen-bond acceptors (Lipinski definition) is 0. The highest BCUT2D eigenvalue weighted by molar-refractivity contribution is 4.85. The van der Waals surface area contributed by atoms with E-state index in [9.17, 15) is 0 Å². The fourth-order valence-electron chi connectivity index (χ4n) is 1.10. The van der Waals surface area contributed by atoms with Gasteiger partial charge in [-0.2, -0.15) is 0 Å². The second-order valence-electron chi connectivity index (χ2n) is 3.39. The van der Waals surface area contributed by atoms with Crippen molar-refractivity contribution < 1.29 is 0 Å². The largest absolute Gasteiger partial charge is 0.0648 e. The van der Waals surface area contributed by atoms with E-state index in [1.807, 2.05) is 0 Å². The Labute approximate surface area is 66.0 Å². The Morgan fingerprint density at radius 3 is 1.90 bits per heavy atom. The van der Waals surface area contributed by atoms with Gasteiger partial charge < -0.3 is 0 Å². The fraction of sp³-hybridized carbons (Fsp3) is 0.900. The molecule has 0 atom stereocenters. The molecule has 0 aromatic carbocycles. The molecule has 0 spiro atoms. The fourth-order valence-corrected chi connectivity index (χ4v) is 1.10. The van der Waals surface area contributed by atoms with E-state index in [4.69, 9.17) is 0 Å². The van der Waals surface area contributed by atoms with E-state index in [-0.39, 0.29) is 0 Å². The lowest BCUT2D eigenvalue weighted by atomic mass is 9.94. The summed E-state index contributed by atoms with van der Waals surface area (Å²) in [4.78, 5) is 0. The predicted molar refractivity (Wildman–Crippen MR) is 47.9 cm³/mol. The van der Waals surface area contributed by atoms with Crippen LogP contribution in [0.5, 0.6) is 0 Å². The summed E-state index contributed by atoms with van der Waals surface area (Å²) in [6, 6.07) is 0. The molecule has 0 aliphatic carbocycles. The first-order chi connectivity index (χ1) is 4.70. The van der Waals surface area contributed by atoms with Gasteiger partial charge in [-0.15, -0.1) is 0 Å². The summed E-state index contributed by atoms with van der Waals surface area (Å²) in [6.07, 6.45) is 5.29. The van der Waals surface area contributed by atoms with Gasteiger partial charge in [0.15, 0.2) is 0 Å². The molecule has 0 aliphatic heterocycles. The van der Waals surface area contributed by atoms with Crippen LogP contribution in [0.15, 0.2) is 0 Å². The van der Waals surface area contributed by atoms with Gasteiger partial charge in [-0.25, -0.2) is 0 Å². The van der Waals surface area contributed by atoms with Gasteiger partial charge >= 0.3 is 0 Å². The van der Waals surface area contributed by atoms with Gasteiger partial charge in [0.2, 0.25) is 0 Å². The molecule has 0 aromatic heterocycles. The van der Waals surface area contributed by atoms with Gasteiger partial charge in [-0.1, -0.05) is 34.1 Å². The average Bonchev–Trinajstić information content (AvgIpc) is 1.90. The molecule has 0 heteroatoms. The van der Waals surface area contributed by atoms with Crippen molar-refractivity contribution >= 4 is 0 Å². The zero-order valence-electron chi connectivity index (χ0n) is 7.91. The molecule has 0 nitrogen and oxygen atoms in total. The highest BCUT2D eigenvalue weighted by atomic mass is 14.1. The molecule has 0 aliphatic rings. The third-order valence-electron chi connectivity index (χ3n) is 2.08. The van der Waals surface area contributed by atoms with Crippen LogP contribution < -0.4 is 0 Å². The van der Waals surface area contributed by atoms with Crippen LogP contribution in [0.3, 0.4) is 0 Å². The van der Waals surface area contributed by atoms with E-state index in [1.54, 1.807) is 5.92 Å². The number of rotatable bonds is 5. The van der Waals surface area contributed by atoms with E-state index < -0.39 is 0 Å². The van der Waals surface area contributed by atoms with Crippen LogP contribution in [0, 0.1) is 11.8 Å². The van der Waals surface area contributed by atoms with Gasteiger partial charge in [0.25, 0.3) is 0 Å². The quantitative estimate of drug-likeness (QED) is 0.546. The zero-order valence-corrected chi connectivity index (χ0v) is 7.91. The molecule has 61 valence electrons. The number of hydrogen-bond donors (Lipinski definition) is 0. The van der Waals surface area contributed by atoms with Crippen LogP contribution in [0.25, 0.3) is 0 Å². The second-order valence-corrected chi connectivity index (χ2v) is 3.39. The Hall–Kier alpha value is 0. The summed E-state index contributed by atoms with van der Waals surface area (Å²) in [5.74, 6) is 2.60. The third kappa shape index (κ3) is 4.84. The lowest BCUT2D eigenvalue weighted by Crippen LogP contribution is -1.96. The molecule has 10 heavy (non-hydrogen) atoms. The maximum Gasteiger partial charge on any atom is -0.0246 e. The molecule has 0 aromatic rings. The molecule has 0 amide bonds. The monoisotopic (exact) mass is 141 g/mol. The van der Waals surface area contributed by atoms with Crippen molar-refractivity contribution in [2.75, 3.05) is 0 Å². The second kappa shape index (κ2) is 5.76. The van der Waals surface area contributed by atoms with Crippen molar-refractivity contribution in [3.05, 3.63) is 5.92 Å². The molecule has 0 fully saturated rings. The van der Waals surface area contributed by atoms with Gasteiger partial charge in [-0.05, 0) is 31.1 Å². The van der Waals surface area contributed by atoms with E-state index in [0.29, 0.717) is 0 Å². The summed E-state index contributed by atoms with van der Waals surface area (Å²) in [7, 11) is 0. The summed E-state index contributed by atoms with van der Waals surface area (Å²) in [5, 5.41) is 0. The zero-order chi connectivity index (χ0) is 7.98. The van der Waals surface area contributed by atoms with Crippen molar-refractivity contribution in [3.63, 3.8) is 0 Å². The molecular formula is C10H21. The van der Waals surface area contributed by atoms with Crippen molar-refractivity contribution in [2.24, 2.45) is 5.92 Å². The highest BCUT2D eigenvalue weighted by Crippen LogP contribution is 2.19. The van der Waals surface area contributed by atoms with Crippen LogP contribution in [0.1, 0.15) is 53.4 Å². The van der Waals surface area contributed by atoms with Crippen LogP contribution in [0.2, 0.25) is 0 Å². The minimum Gasteiger partial charge on any atom is -0.0648 e. The Balaban J connectivity index is 3.26. The lowest BCUT2D eigenvalue weighted by molar-refractivity contribution is 0.539. The molecule has 0 unspecified atom stereocenters. The normalized spacial score (nSPS) is 11.4. The van der Waals surface area contributed by atoms with Gasteiger partial charge in [0.05, 0.1) is 0 Å². The first-order valence-corrected chi connectivity index (χ1v) is 4.54. The SMILES string of the molecule is CC[C](CC)CCC(C)C. The maximum absolute atomic E-state index is 2.29. The van der Waals surface area contributed by atoms with E-state index in [2.05, 4.69) is 27.7 Å². The Bertz CT molecular complexity index is 60.4. The molecule has 0 bridgehead atoms. The van der Waals surface area contributed by atoms with Crippen LogP contribution in [-0.2, 0) is 0 Å². The summed E-state index contributed by atoms with van der Waals surface area (Å²) in [5.41, 5.74) is 0. The standard InChI is InChI=1S/C10H21/c1-5-10(6-2)8-7-9(3)4/h9H,5-8H2,1-4H3. The minimum absolute atomic E-state index is 0.869. The van der Waals surface area contributed by atoms with Gasteiger partial charge in [0, 0.05) is 0 Å². The lowest BCUT2D eigenvalue weighted by Gasteiger charge is -2.12. The Morgan fingerprint density at radius 2 is 1.60 bits per heavy atom. The van der Waals surface area contributed by atoms with E-state index in [0.717, 1.165) is 5.92 Å². The van der Waals surface area contributed by atoms with Crippen LogP contribution >= 0.6 is 0 Å². The average molecular weight is 141 g/mol. The smallest absolute Gasteiger partial charge is 0.0246 e. The van der Waals surface area contributed by atoms with Crippen LogP contribution in [-0.4, -0.2) is 0 Å². The summed E-state index contributed by atoms with van der Waals surface area (Å²) < 4.78 is 0. The Morgan fingerprint density at radius 1 is 1.10 bits per heavy atom. The molecule has 0 saturated heterocycles. The van der Waals surface area contributed by atoms with Crippen molar-refractivity contribution in [2.45, 2.75) is 53.4 Å². The van der Waals surface area contributed by atoms with Crippen molar-refractivity contribution in [3.8, 4) is 0 Å². The topological polar surface area (TPSA) is 0 Å². The van der Waals surface area contributed by atoms with Crippen molar-refractivity contribution in [1.29, 1.82) is 0 Å². The van der Waals surface area contributed by atoms with Crippen LogP contribution in [0.4, 0.5) is 0 Å². The molecular weight excluding hydrogens is 120 g/mol. The molecule has 1 radical (unpaired) electrons. The third-order valence-corrected chi connectivity index (χ3v) is 2.08. The first kappa shape index (κ1) is 10.0. The van der Waals surface area contributed by atoms with E-state index >= 15 is 0 Å². The Kier molecular flexibility index (Phi) is 5.76. The minimum atomic E-state index is 0.869. The van der Waals surface area contributed by atoms with Gasteiger partial charge in [-0.3, -0.25) is 0 Å². The van der Waals surface area contributed by atoms with E-state index in [1.165, 1.54) is 25.7 Å².